The second-order valence-corrected chi connectivity index (χ2v) is 5.23. The van der Waals surface area contributed by atoms with Crippen LogP contribution in [0.1, 0.15) is 36.3 Å². The van der Waals surface area contributed by atoms with E-state index in [2.05, 4.69) is 4.98 Å². The Kier molecular flexibility index (Phi) is 3.87. The molecule has 0 aliphatic carbocycles. The number of hydrogen-bond acceptors (Lipinski definition) is 4. The molecule has 0 radical (unpaired) electrons. The number of rotatable bonds is 4. The van der Waals surface area contributed by atoms with Crippen LogP contribution in [0.5, 0.6) is 0 Å². The smallest absolute Gasteiger partial charge is 0.329 e. The van der Waals surface area contributed by atoms with Crippen LogP contribution in [-0.2, 0) is 4.79 Å². The molecule has 1 aromatic rings. The Labute approximate surface area is 104 Å². The second-order valence-electron chi connectivity index (χ2n) is 4.17. The summed E-state index contributed by atoms with van der Waals surface area (Å²) in [5.74, 6) is -1.37. The summed E-state index contributed by atoms with van der Waals surface area (Å²) in [7, 11) is 0. The van der Waals surface area contributed by atoms with E-state index in [1.54, 1.807) is 19.2 Å². The number of aliphatic carboxylic acids is 1. The van der Waals surface area contributed by atoms with E-state index in [-0.39, 0.29) is 5.91 Å². The Morgan fingerprint density at radius 2 is 2.12 bits per heavy atom. The van der Waals surface area contributed by atoms with Gasteiger partial charge >= 0.3 is 5.97 Å². The van der Waals surface area contributed by atoms with E-state index < -0.39 is 11.5 Å². The van der Waals surface area contributed by atoms with Crippen molar-refractivity contribution >= 4 is 23.2 Å². The van der Waals surface area contributed by atoms with E-state index in [1.165, 1.54) is 30.1 Å². The minimum atomic E-state index is -1.23. The van der Waals surface area contributed by atoms with Gasteiger partial charge in [-0.2, -0.15) is 0 Å². The number of likely N-dealkylation sites (N-methyl/N-ethyl adjacent to an activating group) is 1. The molecule has 1 amide bonds. The molecule has 17 heavy (non-hydrogen) atoms. The molecule has 1 heterocycles. The number of thiazole rings is 1. The number of carbonyl (C=O) groups is 2. The summed E-state index contributed by atoms with van der Waals surface area (Å²) in [5, 5.41) is 11.6. The average molecular weight is 256 g/mol. The van der Waals surface area contributed by atoms with Gasteiger partial charge in [0.15, 0.2) is 0 Å². The summed E-state index contributed by atoms with van der Waals surface area (Å²) in [4.78, 5) is 28.7. The third-order valence-corrected chi connectivity index (χ3v) is 3.37. The Hall–Kier alpha value is -1.43. The largest absolute Gasteiger partial charge is 0.480 e. The third-order valence-electron chi connectivity index (χ3n) is 2.60. The van der Waals surface area contributed by atoms with E-state index in [0.29, 0.717) is 12.2 Å². The van der Waals surface area contributed by atoms with Crippen molar-refractivity contribution in [3.63, 3.8) is 0 Å². The molecule has 0 aliphatic rings. The van der Waals surface area contributed by atoms with Gasteiger partial charge in [0.1, 0.15) is 11.2 Å². The predicted octanol–water partition coefficient (Wildman–Crippen LogP) is 1.78. The molecule has 1 rings (SSSR count). The van der Waals surface area contributed by atoms with E-state index >= 15 is 0 Å². The maximum atomic E-state index is 12.1. The summed E-state index contributed by atoms with van der Waals surface area (Å²) < 4.78 is 0. The lowest BCUT2D eigenvalue weighted by Gasteiger charge is -2.33. The molecule has 0 bridgehead atoms. The van der Waals surface area contributed by atoms with Crippen LogP contribution in [0.15, 0.2) is 5.38 Å². The molecule has 6 heteroatoms. The SMILES string of the molecule is CCN(C(=O)c1csc(C)n1)C(C)(C)C(=O)O. The summed E-state index contributed by atoms with van der Waals surface area (Å²) in [5.41, 5.74) is -0.924. The standard InChI is InChI=1S/C11H16N2O3S/c1-5-13(11(3,4)10(15)16)9(14)8-6-17-7(2)12-8/h6H,5H2,1-4H3,(H,15,16). The molecule has 0 aliphatic heterocycles. The monoisotopic (exact) mass is 256 g/mol. The molecule has 1 N–H and O–H groups in total. The number of aromatic nitrogens is 1. The Bertz CT molecular complexity index is 440. The first-order valence-electron chi connectivity index (χ1n) is 5.28. The minimum absolute atomic E-state index is 0.309. The van der Waals surface area contributed by atoms with Gasteiger partial charge in [0.05, 0.1) is 5.01 Å². The first kappa shape index (κ1) is 13.6. The lowest BCUT2D eigenvalue weighted by molar-refractivity contribution is -0.147. The van der Waals surface area contributed by atoms with Gasteiger partial charge in [0, 0.05) is 11.9 Å². The van der Waals surface area contributed by atoms with E-state index in [4.69, 9.17) is 5.11 Å². The van der Waals surface area contributed by atoms with Crippen molar-refractivity contribution in [1.29, 1.82) is 0 Å². The summed E-state index contributed by atoms with van der Waals surface area (Å²) in [6.07, 6.45) is 0. The molecule has 5 nitrogen and oxygen atoms in total. The van der Waals surface area contributed by atoms with Crippen LogP contribution in [0.25, 0.3) is 0 Å². The van der Waals surface area contributed by atoms with Crippen LogP contribution >= 0.6 is 11.3 Å². The fourth-order valence-electron chi connectivity index (χ4n) is 1.51. The van der Waals surface area contributed by atoms with Gasteiger partial charge in [-0.3, -0.25) is 4.79 Å². The lowest BCUT2D eigenvalue weighted by atomic mass is 10.0. The Morgan fingerprint density at radius 1 is 1.53 bits per heavy atom. The van der Waals surface area contributed by atoms with Crippen LogP contribution in [0.3, 0.4) is 0 Å². The first-order chi connectivity index (χ1) is 7.80. The van der Waals surface area contributed by atoms with Gasteiger partial charge in [0.25, 0.3) is 5.91 Å². The number of amides is 1. The van der Waals surface area contributed by atoms with Gasteiger partial charge in [-0.05, 0) is 27.7 Å². The highest BCUT2D eigenvalue weighted by Gasteiger charge is 2.37. The number of carbonyl (C=O) groups excluding carboxylic acids is 1. The van der Waals surface area contributed by atoms with E-state index in [1.807, 2.05) is 0 Å². The molecule has 0 saturated carbocycles. The van der Waals surface area contributed by atoms with Crippen molar-refractivity contribution in [1.82, 2.24) is 9.88 Å². The second kappa shape index (κ2) is 4.83. The van der Waals surface area contributed by atoms with Gasteiger partial charge in [-0.1, -0.05) is 0 Å². The van der Waals surface area contributed by atoms with E-state index in [9.17, 15) is 9.59 Å². The molecule has 0 fully saturated rings. The topological polar surface area (TPSA) is 70.5 Å². The summed E-state index contributed by atoms with van der Waals surface area (Å²) >= 11 is 1.37. The highest BCUT2D eigenvalue weighted by molar-refractivity contribution is 7.09. The normalized spacial score (nSPS) is 11.3. The van der Waals surface area contributed by atoms with Crippen LogP contribution in [-0.4, -0.2) is 39.0 Å². The average Bonchev–Trinajstić information content (AvgIpc) is 2.65. The number of aryl methyl sites for hydroxylation is 1. The quantitative estimate of drug-likeness (QED) is 0.891. The number of carboxylic acid groups (broad SMARTS) is 1. The van der Waals surface area contributed by atoms with Gasteiger partial charge in [0.2, 0.25) is 0 Å². The maximum Gasteiger partial charge on any atom is 0.329 e. The molecule has 0 spiro atoms. The van der Waals surface area contributed by atoms with Gasteiger partial charge in [-0.15, -0.1) is 11.3 Å². The molecule has 0 atom stereocenters. The van der Waals surface area contributed by atoms with Crippen LogP contribution in [0, 0.1) is 6.92 Å². The Morgan fingerprint density at radius 3 is 2.47 bits per heavy atom. The number of nitrogens with zero attached hydrogens (tertiary/aromatic N) is 2. The van der Waals surface area contributed by atoms with Crippen molar-refractivity contribution in [3.8, 4) is 0 Å². The Balaban J connectivity index is 3.04. The fraction of sp³-hybridized carbons (Fsp3) is 0.545. The van der Waals surface area contributed by atoms with E-state index in [0.717, 1.165) is 5.01 Å². The molecule has 0 unspecified atom stereocenters. The molecular formula is C11H16N2O3S. The maximum absolute atomic E-state index is 12.1. The molecule has 1 aromatic heterocycles. The van der Waals surface area contributed by atoms with Crippen molar-refractivity contribution in [3.05, 3.63) is 16.1 Å². The third kappa shape index (κ3) is 2.63. The van der Waals surface area contributed by atoms with Gasteiger partial charge in [-0.25, -0.2) is 9.78 Å². The molecule has 94 valence electrons. The van der Waals surface area contributed by atoms with Crippen molar-refractivity contribution in [2.45, 2.75) is 33.2 Å². The zero-order chi connectivity index (χ0) is 13.2. The summed E-state index contributed by atoms with van der Waals surface area (Å²) in [6, 6.07) is 0. The molecular weight excluding hydrogens is 240 g/mol. The van der Waals surface area contributed by atoms with Crippen molar-refractivity contribution < 1.29 is 14.7 Å². The first-order valence-corrected chi connectivity index (χ1v) is 6.16. The zero-order valence-corrected chi connectivity index (χ0v) is 11.2. The molecule has 0 aromatic carbocycles. The number of hydrogen-bond donors (Lipinski definition) is 1. The summed E-state index contributed by atoms with van der Waals surface area (Å²) in [6.45, 7) is 6.91. The highest BCUT2D eigenvalue weighted by atomic mass is 32.1. The van der Waals surface area contributed by atoms with Crippen LogP contribution in [0.4, 0.5) is 0 Å². The predicted molar refractivity (Wildman–Crippen MR) is 65.3 cm³/mol. The fourth-order valence-corrected chi connectivity index (χ4v) is 2.09. The highest BCUT2D eigenvalue weighted by Crippen LogP contribution is 2.19. The zero-order valence-electron chi connectivity index (χ0n) is 10.4. The number of carboxylic acids is 1. The van der Waals surface area contributed by atoms with Crippen LogP contribution in [0.2, 0.25) is 0 Å². The lowest BCUT2D eigenvalue weighted by Crippen LogP contribution is -2.53. The van der Waals surface area contributed by atoms with Gasteiger partial charge < -0.3 is 10.0 Å². The minimum Gasteiger partial charge on any atom is -0.480 e. The van der Waals surface area contributed by atoms with Crippen molar-refractivity contribution in [2.24, 2.45) is 0 Å². The van der Waals surface area contributed by atoms with Crippen LogP contribution < -0.4 is 0 Å². The molecule has 0 saturated heterocycles. The van der Waals surface area contributed by atoms with Crippen molar-refractivity contribution in [2.75, 3.05) is 6.54 Å².